The number of pyridine rings is 1. The number of aromatic nitrogens is 2. The molecule has 4 rings (SSSR count). The third kappa shape index (κ3) is 4.19. The Bertz CT molecular complexity index is 1410. The van der Waals surface area contributed by atoms with Crippen LogP contribution in [0.15, 0.2) is 63.8 Å². The van der Waals surface area contributed by atoms with Crippen LogP contribution >= 0.6 is 11.3 Å². The number of esters is 1. The number of carbonyl (C=O) groups excluding carboxylic acids is 1. The van der Waals surface area contributed by atoms with E-state index in [0.29, 0.717) is 37.7 Å². The van der Waals surface area contributed by atoms with Crippen molar-refractivity contribution in [2.45, 2.75) is 19.9 Å². The maximum absolute atomic E-state index is 13.5. The number of allylic oxidation sites excluding steroid dienone is 1. The van der Waals surface area contributed by atoms with Crippen molar-refractivity contribution in [3.63, 3.8) is 0 Å². The molecule has 33 heavy (non-hydrogen) atoms. The Morgan fingerprint density at radius 1 is 1.21 bits per heavy atom. The van der Waals surface area contributed by atoms with Crippen LogP contribution in [0.3, 0.4) is 0 Å². The first-order valence-electron chi connectivity index (χ1n) is 10.3. The molecule has 1 aliphatic heterocycles. The summed E-state index contributed by atoms with van der Waals surface area (Å²) in [6, 6.07) is 8.26. The van der Waals surface area contributed by atoms with Crippen LogP contribution in [0.25, 0.3) is 6.08 Å². The van der Waals surface area contributed by atoms with Gasteiger partial charge in [-0.1, -0.05) is 23.5 Å². The number of benzene rings is 1. The van der Waals surface area contributed by atoms with Crippen LogP contribution in [0.4, 0.5) is 0 Å². The average Bonchev–Trinajstić information content (AvgIpc) is 3.12. The minimum absolute atomic E-state index is 0.208. The Kier molecular flexibility index (Phi) is 6.41. The molecule has 2 aromatic heterocycles. The minimum atomic E-state index is -0.726. The lowest BCUT2D eigenvalue weighted by atomic mass is 9.95. The first-order valence-corrected chi connectivity index (χ1v) is 11.1. The van der Waals surface area contributed by atoms with Crippen LogP contribution < -0.4 is 24.4 Å². The van der Waals surface area contributed by atoms with Gasteiger partial charge in [-0.05, 0) is 49.2 Å². The number of rotatable bonds is 6. The normalized spacial score (nSPS) is 15.6. The predicted molar refractivity (Wildman–Crippen MR) is 124 cm³/mol. The fourth-order valence-electron chi connectivity index (χ4n) is 3.74. The molecule has 0 N–H and O–H groups in total. The quantitative estimate of drug-likeness (QED) is 0.519. The zero-order chi connectivity index (χ0) is 23.5. The van der Waals surface area contributed by atoms with Crippen molar-refractivity contribution in [2.75, 3.05) is 20.8 Å². The van der Waals surface area contributed by atoms with Crippen LogP contribution in [-0.2, 0) is 9.53 Å². The molecule has 1 aromatic carbocycles. The number of methoxy groups -OCH3 is 2. The smallest absolute Gasteiger partial charge is 0.338 e. The number of fused-ring (bicyclic) bond motifs is 1. The van der Waals surface area contributed by atoms with Crippen LogP contribution in [0.1, 0.15) is 31.0 Å². The number of thiazole rings is 1. The lowest BCUT2D eigenvalue weighted by molar-refractivity contribution is -0.139. The Hall–Kier alpha value is -3.72. The van der Waals surface area contributed by atoms with Gasteiger partial charge in [-0.15, -0.1) is 0 Å². The average molecular weight is 466 g/mol. The molecular weight excluding hydrogens is 442 g/mol. The largest absolute Gasteiger partial charge is 0.493 e. The summed E-state index contributed by atoms with van der Waals surface area (Å²) in [5, 5.41) is 0. The van der Waals surface area contributed by atoms with Gasteiger partial charge in [0.2, 0.25) is 0 Å². The highest BCUT2D eigenvalue weighted by molar-refractivity contribution is 7.07. The van der Waals surface area contributed by atoms with Crippen molar-refractivity contribution in [1.82, 2.24) is 9.55 Å². The molecule has 0 spiro atoms. The van der Waals surface area contributed by atoms with Crippen molar-refractivity contribution in [1.29, 1.82) is 0 Å². The molecule has 0 bridgehead atoms. The second-order valence-corrected chi connectivity index (χ2v) is 8.21. The molecular formula is C24H23N3O5S. The molecule has 1 unspecified atom stereocenters. The maximum Gasteiger partial charge on any atom is 0.338 e. The summed E-state index contributed by atoms with van der Waals surface area (Å²) < 4.78 is 18.2. The summed E-state index contributed by atoms with van der Waals surface area (Å²) in [7, 11) is 3.08. The van der Waals surface area contributed by atoms with E-state index in [1.54, 1.807) is 57.6 Å². The zero-order valence-electron chi connectivity index (χ0n) is 18.7. The first kappa shape index (κ1) is 22.5. The highest BCUT2D eigenvalue weighted by Crippen LogP contribution is 2.36. The van der Waals surface area contributed by atoms with E-state index in [1.165, 1.54) is 23.0 Å². The fraction of sp³-hybridized carbons (Fsp3) is 0.250. The molecule has 8 nitrogen and oxygen atoms in total. The van der Waals surface area contributed by atoms with E-state index in [4.69, 9.17) is 14.2 Å². The SMILES string of the molecule is CCOC(=O)C1=C(C)N=c2s/c(=C\c3cccnc3)c(=O)n2C1c1ccc(OC)c(OC)c1. The molecule has 1 aliphatic rings. The molecule has 0 fully saturated rings. The molecule has 170 valence electrons. The van der Waals surface area contributed by atoms with Gasteiger partial charge in [0.1, 0.15) is 0 Å². The van der Waals surface area contributed by atoms with Crippen LogP contribution in [0.5, 0.6) is 11.5 Å². The van der Waals surface area contributed by atoms with Crippen LogP contribution in [0, 0.1) is 0 Å². The minimum Gasteiger partial charge on any atom is -0.493 e. The van der Waals surface area contributed by atoms with Gasteiger partial charge >= 0.3 is 5.97 Å². The predicted octanol–water partition coefficient (Wildman–Crippen LogP) is 2.21. The molecule has 0 aliphatic carbocycles. The second-order valence-electron chi connectivity index (χ2n) is 7.20. The third-order valence-corrected chi connectivity index (χ3v) is 6.21. The molecule has 0 amide bonds. The summed E-state index contributed by atoms with van der Waals surface area (Å²) in [4.78, 5) is 35.7. The van der Waals surface area contributed by atoms with Gasteiger partial charge in [0.15, 0.2) is 16.3 Å². The van der Waals surface area contributed by atoms with Crippen LogP contribution in [0.2, 0.25) is 0 Å². The number of hydrogen-bond donors (Lipinski definition) is 0. The second kappa shape index (κ2) is 9.41. The highest BCUT2D eigenvalue weighted by atomic mass is 32.1. The molecule has 0 saturated heterocycles. The van der Waals surface area contributed by atoms with Crippen molar-refractivity contribution in [3.8, 4) is 11.5 Å². The molecule has 0 saturated carbocycles. The van der Waals surface area contributed by atoms with Gasteiger partial charge in [0, 0.05) is 12.4 Å². The van der Waals surface area contributed by atoms with Crippen molar-refractivity contribution in [2.24, 2.45) is 4.99 Å². The molecule has 3 heterocycles. The lowest BCUT2D eigenvalue weighted by Gasteiger charge is -2.25. The zero-order valence-corrected chi connectivity index (χ0v) is 19.5. The summed E-state index contributed by atoms with van der Waals surface area (Å²) in [6.45, 7) is 3.69. The third-order valence-electron chi connectivity index (χ3n) is 5.22. The van der Waals surface area contributed by atoms with Crippen molar-refractivity contribution in [3.05, 3.63) is 84.8 Å². The van der Waals surface area contributed by atoms with E-state index < -0.39 is 12.0 Å². The van der Waals surface area contributed by atoms with Gasteiger partial charge < -0.3 is 14.2 Å². The topological polar surface area (TPSA) is 92.0 Å². The monoisotopic (exact) mass is 465 g/mol. The standard InChI is InChI=1S/C24H23N3O5S/c1-5-32-23(29)20-14(2)26-24-27(21(20)16-8-9-17(30-3)18(12-16)31-4)22(28)19(33-24)11-15-7-6-10-25-13-15/h6-13,21H,5H2,1-4H3/b19-11-. The van der Waals surface area contributed by atoms with E-state index in [2.05, 4.69) is 9.98 Å². The number of hydrogen-bond acceptors (Lipinski definition) is 8. The van der Waals surface area contributed by atoms with Gasteiger partial charge in [-0.3, -0.25) is 14.3 Å². The number of nitrogens with zero attached hydrogens (tertiary/aromatic N) is 3. The van der Waals surface area contributed by atoms with Crippen molar-refractivity contribution < 1.29 is 19.0 Å². The Balaban J connectivity index is 1.98. The number of carbonyl (C=O) groups is 1. The van der Waals surface area contributed by atoms with Gasteiger partial charge in [0.25, 0.3) is 5.56 Å². The van der Waals surface area contributed by atoms with E-state index >= 15 is 0 Å². The fourth-order valence-corrected chi connectivity index (χ4v) is 4.79. The van der Waals surface area contributed by atoms with Gasteiger partial charge in [0.05, 0.1) is 42.7 Å². The van der Waals surface area contributed by atoms with E-state index in [0.717, 1.165) is 5.56 Å². The molecule has 1 atom stereocenters. The van der Waals surface area contributed by atoms with E-state index in [-0.39, 0.29) is 12.2 Å². The van der Waals surface area contributed by atoms with Crippen molar-refractivity contribution >= 4 is 23.4 Å². The maximum atomic E-state index is 13.5. The molecule has 3 aromatic rings. The van der Waals surface area contributed by atoms with Gasteiger partial charge in [-0.25, -0.2) is 9.79 Å². The van der Waals surface area contributed by atoms with E-state index in [9.17, 15) is 9.59 Å². The van der Waals surface area contributed by atoms with Crippen LogP contribution in [-0.4, -0.2) is 36.3 Å². The molecule has 9 heteroatoms. The Labute approximate surface area is 194 Å². The highest BCUT2D eigenvalue weighted by Gasteiger charge is 2.33. The first-order chi connectivity index (χ1) is 16.0. The summed E-state index contributed by atoms with van der Waals surface area (Å²) in [5.74, 6) is 0.522. The van der Waals surface area contributed by atoms with E-state index in [1.807, 2.05) is 12.1 Å². The van der Waals surface area contributed by atoms with Gasteiger partial charge in [-0.2, -0.15) is 0 Å². The summed E-state index contributed by atoms with van der Waals surface area (Å²) in [6.07, 6.45) is 5.12. The Morgan fingerprint density at radius 3 is 2.67 bits per heavy atom. The Morgan fingerprint density at radius 2 is 2.00 bits per heavy atom. The summed E-state index contributed by atoms with van der Waals surface area (Å²) >= 11 is 1.26. The molecule has 0 radical (unpaired) electrons. The lowest BCUT2D eigenvalue weighted by Crippen LogP contribution is -2.40. The number of ether oxygens (including phenoxy) is 3. The summed E-state index contributed by atoms with van der Waals surface area (Å²) in [5.41, 5.74) is 2.04.